The predicted octanol–water partition coefficient (Wildman–Crippen LogP) is 3.39. The highest BCUT2D eigenvalue weighted by atomic mass is 32.1. The van der Waals surface area contributed by atoms with Crippen molar-refractivity contribution in [2.75, 3.05) is 6.54 Å². The van der Waals surface area contributed by atoms with Crippen LogP contribution in [0.25, 0.3) is 20.9 Å². The third-order valence-corrected chi connectivity index (χ3v) is 5.39. The molecule has 4 aromatic rings. The summed E-state index contributed by atoms with van der Waals surface area (Å²) in [5, 5.41) is 8.06. The number of nitrogens with zero attached hydrogens (tertiary/aromatic N) is 5. The topological polar surface area (TPSA) is 85.6 Å². The summed E-state index contributed by atoms with van der Waals surface area (Å²) < 4.78 is 3.01. The van der Waals surface area contributed by atoms with Crippen LogP contribution in [-0.4, -0.2) is 37.2 Å². The lowest BCUT2D eigenvalue weighted by atomic mass is 10.2. The first-order chi connectivity index (χ1) is 13.6. The van der Waals surface area contributed by atoms with Crippen LogP contribution >= 0.6 is 11.3 Å². The fourth-order valence-electron chi connectivity index (χ4n) is 3.05. The highest BCUT2D eigenvalue weighted by Gasteiger charge is 2.18. The van der Waals surface area contributed by atoms with Crippen LogP contribution < -0.4 is 5.32 Å². The molecule has 0 unspecified atom stereocenters. The maximum absolute atomic E-state index is 12.7. The molecule has 0 aliphatic rings. The molecule has 4 rings (SSSR count). The van der Waals surface area contributed by atoms with Crippen molar-refractivity contribution in [3.8, 4) is 10.7 Å². The van der Waals surface area contributed by atoms with E-state index >= 15 is 0 Å². The van der Waals surface area contributed by atoms with Crippen molar-refractivity contribution in [1.29, 1.82) is 0 Å². The van der Waals surface area contributed by atoms with Crippen LogP contribution in [0.15, 0.2) is 42.7 Å². The van der Waals surface area contributed by atoms with E-state index in [-0.39, 0.29) is 5.91 Å². The number of aromatic nitrogens is 5. The normalized spacial score (nSPS) is 11.1. The summed E-state index contributed by atoms with van der Waals surface area (Å²) in [5.74, 6) is -0.240. The molecule has 1 amide bonds. The zero-order chi connectivity index (χ0) is 19.5. The summed E-state index contributed by atoms with van der Waals surface area (Å²) in [4.78, 5) is 25.9. The summed E-state index contributed by atoms with van der Waals surface area (Å²) in [7, 11) is 0. The zero-order valence-electron chi connectivity index (χ0n) is 15.7. The number of aryl methyl sites for hydroxylation is 3. The monoisotopic (exact) mass is 392 g/mol. The van der Waals surface area contributed by atoms with Crippen molar-refractivity contribution in [1.82, 2.24) is 30.0 Å². The van der Waals surface area contributed by atoms with Crippen LogP contribution in [0.4, 0.5) is 0 Å². The van der Waals surface area contributed by atoms with Crippen molar-refractivity contribution < 1.29 is 4.79 Å². The first-order valence-electron chi connectivity index (χ1n) is 9.08. The number of nitrogens with one attached hydrogen (secondary N) is 1. The summed E-state index contributed by atoms with van der Waals surface area (Å²) >= 11 is 1.51. The third kappa shape index (κ3) is 3.77. The maximum atomic E-state index is 12.7. The molecule has 0 fully saturated rings. The number of benzene rings is 1. The average Bonchev–Trinajstić information content (AvgIpc) is 3.27. The van der Waals surface area contributed by atoms with E-state index < -0.39 is 0 Å². The van der Waals surface area contributed by atoms with E-state index in [9.17, 15) is 4.79 Å². The van der Waals surface area contributed by atoms with Crippen molar-refractivity contribution in [3.63, 3.8) is 0 Å². The van der Waals surface area contributed by atoms with Gasteiger partial charge in [0.1, 0.15) is 10.7 Å². The molecule has 0 saturated heterocycles. The molecule has 142 valence electrons. The van der Waals surface area contributed by atoms with Gasteiger partial charge in [0.25, 0.3) is 5.91 Å². The van der Waals surface area contributed by atoms with E-state index in [4.69, 9.17) is 0 Å². The number of hydrogen-bond acceptors (Lipinski definition) is 6. The van der Waals surface area contributed by atoms with Gasteiger partial charge in [-0.05, 0) is 38.5 Å². The Balaban J connectivity index is 1.45. The molecule has 28 heavy (non-hydrogen) atoms. The standard InChI is InChI=1S/C20H20N6OS/c1-13-12-14(2)26(25-13)11-5-8-23-19(27)17-18(22-10-9-21-17)20-24-15-6-3-4-7-16(15)28-20/h3-4,6-7,9-10,12H,5,8,11H2,1-2H3,(H,23,27). The average molecular weight is 392 g/mol. The van der Waals surface area contributed by atoms with Crippen molar-refractivity contribution >= 4 is 27.5 Å². The molecule has 0 aliphatic heterocycles. The minimum Gasteiger partial charge on any atom is -0.351 e. The van der Waals surface area contributed by atoms with Crippen LogP contribution in [0.2, 0.25) is 0 Å². The largest absolute Gasteiger partial charge is 0.351 e. The third-order valence-electron chi connectivity index (χ3n) is 4.35. The van der Waals surface area contributed by atoms with Gasteiger partial charge in [0.2, 0.25) is 0 Å². The first kappa shape index (κ1) is 18.2. The molecule has 0 aliphatic carbocycles. The Morgan fingerprint density at radius 3 is 2.79 bits per heavy atom. The molecule has 8 heteroatoms. The minimum atomic E-state index is -0.240. The number of thiazole rings is 1. The van der Waals surface area contributed by atoms with Gasteiger partial charge in [-0.1, -0.05) is 12.1 Å². The minimum absolute atomic E-state index is 0.240. The van der Waals surface area contributed by atoms with Crippen LogP contribution in [0.3, 0.4) is 0 Å². The van der Waals surface area contributed by atoms with Crippen molar-refractivity contribution in [2.24, 2.45) is 0 Å². The van der Waals surface area contributed by atoms with Gasteiger partial charge in [-0.15, -0.1) is 11.3 Å². The summed E-state index contributed by atoms with van der Waals surface area (Å²) in [5.41, 5.74) is 3.83. The fourth-order valence-corrected chi connectivity index (χ4v) is 4.01. The Morgan fingerprint density at radius 1 is 1.18 bits per heavy atom. The van der Waals surface area contributed by atoms with Gasteiger partial charge in [0.15, 0.2) is 5.69 Å². The number of hydrogen-bond donors (Lipinski definition) is 1. The second kappa shape index (κ2) is 7.85. The molecule has 1 aromatic carbocycles. The molecule has 7 nitrogen and oxygen atoms in total. The Kier molecular flexibility index (Phi) is 5.12. The fraction of sp³-hybridized carbons (Fsp3) is 0.250. The summed E-state index contributed by atoms with van der Waals surface area (Å²) in [6.45, 7) is 5.30. The second-order valence-corrected chi connectivity index (χ2v) is 7.53. The lowest BCUT2D eigenvalue weighted by Crippen LogP contribution is -2.27. The van der Waals surface area contributed by atoms with Gasteiger partial charge in [-0.3, -0.25) is 9.48 Å². The Hall–Kier alpha value is -3.13. The molecule has 3 aromatic heterocycles. The Bertz CT molecular complexity index is 1100. The number of carbonyl (C=O) groups is 1. The number of amides is 1. The first-order valence-corrected chi connectivity index (χ1v) is 9.89. The smallest absolute Gasteiger partial charge is 0.272 e. The predicted molar refractivity (Wildman–Crippen MR) is 109 cm³/mol. The van der Waals surface area contributed by atoms with Crippen molar-refractivity contribution in [2.45, 2.75) is 26.8 Å². The lowest BCUT2D eigenvalue weighted by molar-refractivity contribution is 0.0948. The van der Waals surface area contributed by atoms with E-state index in [1.54, 1.807) is 6.20 Å². The van der Waals surface area contributed by atoms with Crippen LogP contribution in [0, 0.1) is 13.8 Å². The number of para-hydroxylation sites is 1. The molecule has 0 atom stereocenters. The summed E-state index contributed by atoms with van der Waals surface area (Å²) in [6, 6.07) is 9.91. The van der Waals surface area contributed by atoms with Crippen molar-refractivity contribution in [3.05, 3.63) is 59.8 Å². The van der Waals surface area contributed by atoms with Gasteiger partial charge in [-0.2, -0.15) is 5.10 Å². The second-order valence-electron chi connectivity index (χ2n) is 6.50. The van der Waals surface area contributed by atoms with Crippen LogP contribution in [-0.2, 0) is 6.54 Å². The van der Waals surface area contributed by atoms with Crippen LogP contribution in [0.5, 0.6) is 0 Å². The van der Waals surface area contributed by atoms with E-state index in [0.717, 1.165) is 34.6 Å². The molecule has 0 saturated carbocycles. The molecule has 0 bridgehead atoms. The van der Waals surface area contributed by atoms with Gasteiger partial charge in [0, 0.05) is 31.2 Å². The molecular formula is C20H20N6OS. The zero-order valence-corrected chi connectivity index (χ0v) is 16.5. The highest BCUT2D eigenvalue weighted by Crippen LogP contribution is 2.29. The van der Waals surface area contributed by atoms with E-state index in [1.807, 2.05) is 48.9 Å². The Labute approximate surface area is 166 Å². The van der Waals surface area contributed by atoms with Gasteiger partial charge in [0.05, 0.1) is 15.9 Å². The van der Waals surface area contributed by atoms with Gasteiger partial charge in [-0.25, -0.2) is 15.0 Å². The number of carbonyl (C=O) groups excluding carboxylic acids is 1. The van der Waals surface area contributed by atoms with Gasteiger partial charge >= 0.3 is 0 Å². The quantitative estimate of drug-likeness (QED) is 0.508. The van der Waals surface area contributed by atoms with E-state index in [0.29, 0.717) is 22.9 Å². The highest BCUT2D eigenvalue weighted by molar-refractivity contribution is 7.21. The Morgan fingerprint density at radius 2 is 2.00 bits per heavy atom. The van der Waals surface area contributed by atoms with Gasteiger partial charge < -0.3 is 5.32 Å². The molecular weight excluding hydrogens is 372 g/mol. The molecule has 0 radical (unpaired) electrons. The van der Waals surface area contributed by atoms with E-state index in [2.05, 4.69) is 25.4 Å². The molecule has 3 heterocycles. The lowest BCUT2D eigenvalue weighted by Gasteiger charge is -2.08. The SMILES string of the molecule is Cc1cc(C)n(CCCNC(=O)c2nccnc2-c2nc3ccccc3s2)n1. The number of rotatable bonds is 6. The number of fused-ring (bicyclic) bond motifs is 1. The summed E-state index contributed by atoms with van der Waals surface area (Å²) in [6.07, 6.45) is 3.90. The van der Waals surface area contributed by atoms with Crippen LogP contribution in [0.1, 0.15) is 28.3 Å². The molecule has 1 N–H and O–H groups in total. The maximum Gasteiger partial charge on any atom is 0.272 e. The molecule has 0 spiro atoms. The van der Waals surface area contributed by atoms with E-state index in [1.165, 1.54) is 17.5 Å².